The molecule has 3 unspecified atom stereocenters. The molecule has 3 aliphatic rings. The number of anilines is 1. The summed E-state index contributed by atoms with van der Waals surface area (Å²) in [4.78, 5) is 41.9. The molecule has 3 aliphatic heterocycles. The van der Waals surface area contributed by atoms with Crippen LogP contribution in [0.3, 0.4) is 0 Å². The van der Waals surface area contributed by atoms with Gasteiger partial charge in [0.25, 0.3) is 0 Å². The van der Waals surface area contributed by atoms with E-state index >= 15 is 0 Å². The number of amides is 2. The predicted octanol–water partition coefficient (Wildman–Crippen LogP) is 2.95. The van der Waals surface area contributed by atoms with E-state index in [2.05, 4.69) is 12.2 Å². The number of ether oxygens (including phenoxy) is 1. The molecule has 1 aromatic carbocycles. The summed E-state index contributed by atoms with van der Waals surface area (Å²) in [5, 5.41) is 12.5. The smallest absolute Gasteiger partial charge is 0.310 e. The summed E-state index contributed by atoms with van der Waals surface area (Å²) in [6.07, 6.45) is 1.87. The lowest BCUT2D eigenvalue weighted by Crippen LogP contribution is -2.54. The molecule has 0 aromatic heterocycles. The van der Waals surface area contributed by atoms with Crippen molar-refractivity contribution in [2.45, 2.75) is 49.1 Å². The second-order valence-corrected chi connectivity index (χ2v) is 10.7. The van der Waals surface area contributed by atoms with Gasteiger partial charge in [0.2, 0.25) is 11.8 Å². The number of hydrogen-bond acceptors (Lipinski definition) is 6. The normalized spacial score (nSPS) is 32.8. The molecule has 3 heterocycles. The van der Waals surface area contributed by atoms with Crippen molar-refractivity contribution in [3.05, 3.63) is 29.3 Å². The molecule has 174 valence electrons. The Balaban J connectivity index is 1.71. The van der Waals surface area contributed by atoms with Crippen molar-refractivity contribution in [1.29, 1.82) is 0 Å². The minimum Gasteiger partial charge on any atom is -0.466 e. The molecule has 32 heavy (non-hydrogen) atoms. The van der Waals surface area contributed by atoms with E-state index in [4.69, 9.17) is 16.3 Å². The van der Waals surface area contributed by atoms with Gasteiger partial charge in [-0.3, -0.25) is 14.4 Å². The van der Waals surface area contributed by atoms with E-state index in [9.17, 15) is 19.5 Å². The van der Waals surface area contributed by atoms with Crippen molar-refractivity contribution in [3.63, 3.8) is 0 Å². The average Bonchev–Trinajstić information content (AvgIpc) is 3.34. The summed E-state index contributed by atoms with van der Waals surface area (Å²) >= 11 is 7.88. The van der Waals surface area contributed by atoms with E-state index in [-0.39, 0.29) is 42.2 Å². The Morgan fingerprint density at radius 2 is 2.09 bits per heavy atom. The highest BCUT2D eigenvalue weighted by atomic mass is 35.5. The monoisotopic (exact) mass is 480 g/mol. The highest BCUT2D eigenvalue weighted by Crippen LogP contribution is 2.68. The number of esters is 1. The van der Waals surface area contributed by atoms with Crippen LogP contribution in [0.4, 0.5) is 5.69 Å². The maximum Gasteiger partial charge on any atom is 0.310 e. The maximum atomic E-state index is 13.7. The third-order valence-electron chi connectivity index (χ3n) is 6.99. The van der Waals surface area contributed by atoms with Crippen LogP contribution < -0.4 is 5.32 Å². The SMILES string of the molecule is CCOC(=O)[C@@H]1[C@H]2C(=O)N(CCCCO)C(C(=O)Nc3ccccc3Cl)C23S[C@@H]1CC3C. The van der Waals surface area contributed by atoms with Gasteiger partial charge in [-0.05, 0) is 44.2 Å². The van der Waals surface area contributed by atoms with Crippen molar-refractivity contribution >= 4 is 46.8 Å². The highest BCUT2D eigenvalue weighted by Gasteiger charge is 2.76. The van der Waals surface area contributed by atoms with Gasteiger partial charge in [-0.25, -0.2) is 0 Å². The van der Waals surface area contributed by atoms with Gasteiger partial charge in [0, 0.05) is 18.4 Å². The van der Waals surface area contributed by atoms with Crippen LogP contribution >= 0.6 is 23.4 Å². The van der Waals surface area contributed by atoms with E-state index in [0.29, 0.717) is 30.1 Å². The molecule has 0 aliphatic carbocycles. The van der Waals surface area contributed by atoms with Crippen LogP contribution in [0.2, 0.25) is 5.02 Å². The van der Waals surface area contributed by atoms with Crippen LogP contribution in [0.15, 0.2) is 24.3 Å². The van der Waals surface area contributed by atoms with Gasteiger partial charge < -0.3 is 20.1 Å². The minimum absolute atomic E-state index is 0.0196. The first-order chi connectivity index (χ1) is 15.4. The van der Waals surface area contributed by atoms with Crippen molar-refractivity contribution in [2.75, 3.05) is 25.1 Å². The fourth-order valence-corrected chi connectivity index (χ4v) is 8.32. The van der Waals surface area contributed by atoms with Crippen LogP contribution in [-0.4, -0.2) is 63.6 Å². The largest absolute Gasteiger partial charge is 0.466 e. The van der Waals surface area contributed by atoms with E-state index in [1.807, 2.05) is 0 Å². The standard InChI is InChI=1S/C23H29ClN2O5S/c1-3-31-22(30)17-16-12-13(2)23(32-16)18(17)21(29)26(10-6-7-11-27)19(23)20(28)25-15-9-5-4-8-14(15)24/h4-5,8-9,13,16-19,27H,3,6-7,10-12H2,1-2H3,(H,25,28)/t13?,16-,17+,18+,19?,23?/m1/s1. The number of carbonyl (C=O) groups excluding carboxylic acids is 3. The number of rotatable bonds is 8. The predicted molar refractivity (Wildman–Crippen MR) is 123 cm³/mol. The summed E-state index contributed by atoms with van der Waals surface area (Å²) in [7, 11) is 0. The number of hydrogen-bond donors (Lipinski definition) is 2. The van der Waals surface area contributed by atoms with Gasteiger partial charge in [0.15, 0.2) is 0 Å². The van der Waals surface area contributed by atoms with Crippen molar-refractivity contribution < 1.29 is 24.2 Å². The zero-order valence-electron chi connectivity index (χ0n) is 18.3. The molecule has 9 heteroatoms. The van der Waals surface area contributed by atoms with Gasteiger partial charge in [0.05, 0.1) is 33.9 Å². The lowest BCUT2D eigenvalue weighted by molar-refractivity contribution is -0.154. The number of unbranched alkanes of at least 4 members (excludes halogenated alkanes) is 1. The third-order valence-corrected chi connectivity index (χ3v) is 9.40. The van der Waals surface area contributed by atoms with Crippen LogP contribution in [0, 0.1) is 17.8 Å². The van der Waals surface area contributed by atoms with Crippen LogP contribution in [-0.2, 0) is 19.1 Å². The zero-order chi connectivity index (χ0) is 23.0. The Labute approximate surface area is 197 Å². The fourth-order valence-electron chi connectivity index (χ4n) is 5.72. The van der Waals surface area contributed by atoms with Crippen molar-refractivity contribution in [3.8, 4) is 0 Å². The van der Waals surface area contributed by atoms with E-state index in [1.54, 1.807) is 47.9 Å². The Kier molecular flexibility index (Phi) is 6.75. The molecule has 3 saturated heterocycles. The molecule has 3 fully saturated rings. The number of carbonyl (C=O) groups is 3. The van der Waals surface area contributed by atoms with Gasteiger partial charge in [0.1, 0.15) is 6.04 Å². The molecule has 2 bridgehead atoms. The number of nitrogens with zero attached hydrogens (tertiary/aromatic N) is 1. The summed E-state index contributed by atoms with van der Waals surface area (Å²) in [5.41, 5.74) is 0.494. The molecule has 0 radical (unpaired) electrons. The zero-order valence-corrected chi connectivity index (χ0v) is 19.8. The van der Waals surface area contributed by atoms with Gasteiger partial charge in [-0.1, -0.05) is 30.7 Å². The Morgan fingerprint density at radius 3 is 2.78 bits per heavy atom. The van der Waals surface area contributed by atoms with Crippen molar-refractivity contribution in [2.24, 2.45) is 17.8 Å². The highest BCUT2D eigenvalue weighted by molar-refractivity contribution is 8.02. The first kappa shape index (κ1) is 23.4. The summed E-state index contributed by atoms with van der Waals surface area (Å²) < 4.78 is 4.64. The summed E-state index contributed by atoms with van der Waals surface area (Å²) in [6.45, 7) is 4.46. The average molecular weight is 481 g/mol. The number of nitrogens with one attached hydrogen (secondary N) is 1. The second-order valence-electron chi connectivity index (χ2n) is 8.74. The summed E-state index contributed by atoms with van der Waals surface area (Å²) in [5.74, 6) is -1.84. The van der Waals surface area contributed by atoms with Gasteiger partial charge in [-0.15, -0.1) is 11.8 Å². The molecule has 6 atom stereocenters. The van der Waals surface area contributed by atoms with E-state index in [1.165, 1.54) is 0 Å². The fraction of sp³-hybridized carbons (Fsp3) is 0.609. The Morgan fingerprint density at radius 1 is 1.34 bits per heavy atom. The summed E-state index contributed by atoms with van der Waals surface area (Å²) in [6, 6.07) is 6.28. The molecule has 1 aromatic rings. The molecular weight excluding hydrogens is 452 g/mol. The van der Waals surface area contributed by atoms with Gasteiger partial charge in [-0.2, -0.15) is 0 Å². The van der Waals surface area contributed by atoms with Crippen LogP contribution in [0.5, 0.6) is 0 Å². The lowest BCUT2D eigenvalue weighted by atomic mass is 9.66. The van der Waals surface area contributed by atoms with Crippen molar-refractivity contribution in [1.82, 2.24) is 4.90 Å². The molecular formula is C23H29ClN2O5S. The Bertz CT molecular complexity index is 914. The minimum atomic E-state index is -0.723. The van der Waals surface area contributed by atoms with Crippen LogP contribution in [0.1, 0.15) is 33.1 Å². The first-order valence-corrected chi connectivity index (χ1v) is 12.4. The number of likely N-dealkylation sites (tertiary alicyclic amines) is 1. The van der Waals surface area contributed by atoms with E-state index < -0.39 is 22.6 Å². The molecule has 1 spiro atoms. The number of thioether (sulfide) groups is 1. The number of aliphatic hydroxyl groups excluding tert-OH is 1. The van der Waals surface area contributed by atoms with Crippen LogP contribution in [0.25, 0.3) is 0 Å². The molecule has 7 nitrogen and oxygen atoms in total. The van der Waals surface area contributed by atoms with E-state index in [0.717, 1.165) is 6.42 Å². The molecule has 4 rings (SSSR count). The number of benzene rings is 1. The number of para-hydroxylation sites is 1. The first-order valence-electron chi connectivity index (χ1n) is 11.2. The number of halogens is 1. The topological polar surface area (TPSA) is 95.9 Å². The second kappa shape index (κ2) is 9.23. The van der Waals surface area contributed by atoms with Gasteiger partial charge >= 0.3 is 5.97 Å². The molecule has 2 N–H and O–H groups in total. The molecule has 2 amide bonds. The number of aliphatic hydroxyl groups is 1. The lowest BCUT2D eigenvalue weighted by Gasteiger charge is -2.38. The third kappa shape index (κ3) is 3.60. The molecule has 0 saturated carbocycles. The quantitative estimate of drug-likeness (QED) is 0.438. The maximum absolute atomic E-state index is 13.7. The Hall–Kier alpha value is -1.77. The number of fused-ring (bicyclic) bond motifs is 1.